The van der Waals surface area contributed by atoms with Crippen LogP contribution >= 0.6 is 0 Å². The van der Waals surface area contributed by atoms with Gasteiger partial charge in [-0.05, 0) is 44.7 Å². The average Bonchev–Trinajstić information content (AvgIpc) is 2.91. The zero-order chi connectivity index (χ0) is 15.9. The van der Waals surface area contributed by atoms with Crippen molar-refractivity contribution in [1.29, 1.82) is 0 Å². The molecular formula is C19H25N3O. The van der Waals surface area contributed by atoms with Crippen LogP contribution in [-0.2, 0) is 11.3 Å². The molecule has 122 valence electrons. The standard InChI is InChI=1S/C19H25N3O/c1-14-11-19(2,12-14)20-13-18-21-16-5-3-4-6-17(16)22(18)15-7-9-23-10-8-15/h3-6,15,20H,1,7-13H2,2H3. The van der Waals surface area contributed by atoms with Crippen molar-refractivity contribution in [2.45, 2.75) is 50.7 Å². The number of imidazole rings is 1. The first-order chi connectivity index (χ1) is 11.1. The third kappa shape index (κ3) is 2.81. The molecule has 23 heavy (non-hydrogen) atoms. The van der Waals surface area contributed by atoms with Gasteiger partial charge in [0.2, 0.25) is 0 Å². The second kappa shape index (κ2) is 5.77. The second-order valence-electron chi connectivity index (χ2n) is 7.25. The number of aromatic nitrogens is 2. The fourth-order valence-corrected chi connectivity index (χ4v) is 4.04. The zero-order valence-corrected chi connectivity index (χ0v) is 13.8. The molecule has 4 rings (SSSR count). The first kappa shape index (κ1) is 14.9. The highest BCUT2D eigenvalue weighted by Gasteiger charge is 2.34. The molecule has 0 amide bonds. The van der Waals surface area contributed by atoms with Crippen molar-refractivity contribution in [3.05, 3.63) is 42.2 Å². The van der Waals surface area contributed by atoms with E-state index >= 15 is 0 Å². The number of rotatable bonds is 4. The summed E-state index contributed by atoms with van der Waals surface area (Å²) in [7, 11) is 0. The Kier molecular flexibility index (Phi) is 3.74. The van der Waals surface area contributed by atoms with Gasteiger partial charge in [-0.15, -0.1) is 0 Å². The van der Waals surface area contributed by atoms with Crippen LogP contribution in [0.2, 0.25) is 0 Å². The minimum atomic E-state index is 0.190. The fourth-order valence-electron chi connectivity index (χ4n) is 4.04. The van der Waals surface area contributed by atoms with Gasteiger partial charge in [0.05, 0.1) is 17.6 Å². The second-order valence-corrected chi connectivity index (χ2v) is 7.25. The highest BCUT2D eigenvalue weighted by Crippen LogP contribution is 2.36. The quantitative estimate of drug-likeness (QED) is 0.877. The summed E-state index contributed by atoms with van der Waals surface area (Å²) in [6.45, 7) is 8.86. The van der Waals surface area contributed by atoms with Gasteiger partial charge in [-0.3, -0.25) is 0 Å². The normalized spacial score (nSPS) is 21.5. The Hall–Kier alpha value is -1.65. The lowest BCUT2D eigenvalue weighted by molar-refractivity contribution is 0.0696. The van der Waals surface area contributed by atoms with Crippen molar-refractivity contribution >= 4 is 11.0 Å². The molecule has 0 bridgehead atoms. The van der Waals surface area contributed by atoms with E-state index in [4.69, 9.17) is 9.72 Å². The minimum absolute atomic E-state index is 0.190. The van der Waals surface area contributed by atoms with E-state index in [1.54, 1.807) is 0 Å². The molecule has 1 N–H and O–H groups in total. The summed E-state index contributed by atoms with van der Waals surface area (Å²) >= 11 is 0. The van der Waals surface area contributed by atoms with Gasteiger partial charge in [-0.2, -0.15) is 0 Å². The van der Waals surface area contributed by atoms with Crippen molar-refractivity contribution in [2.75, 3.05) is 13.2 Å². The molecule has 0 unspecified atom stereocenters. The van der Waals surface area contributed by atoms with Crippen molar-refractivity contribution in [1.82, 2.24) is 14.9 Å². The Balaban J connectivity index is 1.63. The van der Waals surface area contributed by atoms with E-state index < -0.39 is 0 Å². The maximum Gasteiger partial charge on any atom is 0.124 e. The van der Waals surface area contributed by atoms with E-state index in [1.807, 2.05) is 0 Å². The number of nitrogens with zero attached hydrogens (tertiary/aromatic N) is 2. The molecular weight excluding hydrogens is 286 g/mol. The summed E-state index contributed by atoms with van der Waals surface area (Å²) < 4.78 is 7.99. The maximum absolute atomic E-state index is 5.54. The van der Waals surface area contributed by atoms with Crippen molar-refractivity contribution in [3.8, 4) is 0 Å². The van der Waals surface area contributed by atoms with E-state index in [-0.39, 0.29) is 5.54 Å². The molecule has 0 spiro atoms. The third-order valence-electron chi connectivity index (χ3n) is 5.18. The number of ether oxygens (including phenoxy) is 1. The van der Waals surface area contributed by atoms with Gasteiger partial charge in [0.15, 0.2) is 0 Å². The summed E-state index contributed by atoms with van der Waals surface area (Å²) in [6.07, 6.45) is 4.29. The van der Waals surface area contributed by atoms with Gasteiger partial charge in [-0.1, -0.05) is 24.3 Å². The van der Waals surface area contributed by atoms with Crippen LogP contribution in [0.25, 0.3) is 11.0 Å². The van der Waals surface area contributed by atoms with Crippen molar-refractivity contribution < 1.29 is 4.74 Å². The Morgan fingerprint density at radius 2 is 2.04 bits per heavy atom. The first-order valence-corrected chi connectivity index (χ1v) is 8.60. The number of benzene rings is 1. The van der Waals surface area contributed by atoms with E-state index in [1.165, 1.54) is 11.1 Å². The van der Waals surface area contributed by atoms with Crippen LogP contribution in [0.5, 0.6) is 0 Å². The number of fused-ring (bicyclic) bond motifs is 1. The average molecular weight is 311 g/mol. The Morgan fingerprint density at radius 3 is 2.78 bits per heavy atom. The largest absolute Gasteiger partial charge is 0.381 e. The van der Waals surface area contributed by atoms with Gasteiger partial charge in [0, 0.05) is 24.8 Å². The summed E-state index contributed by atoms with van der Waals surface area (Å²) in [6, 6.07) is 8.97. The molecule has 1 saturated heterocycles. The Morgan fingerprint density at radius 1 is 1.30 bits per heavy atom. The van der Waals surface area contributed by atoms with Gasteiger partial charge in [0.25, 0.3) is 0 Å². The molecule has 2 heterocycles. The Labute approximate surface area is 137 Å². The minimum Gasteiger partial charge on any atom is -0.381 e. The summed E-state index contributed by atoms with van der Waals surface area (Å²) in [5, 5.41) is 3.71. The van der Waals surface area contributed by atoms with E-state index in [0.29, 0.717) is 6.04 Å². The molecule has 1 aromatic carbocycles. The summed E-state index contributed by atoms with van der Waals surface area (Å²) in [5.41, 5.74) is 3.88. The third-order valence-corrected chi connectivity index (χ3v) is 5.18. The predicted molar refractivity (Wildman–Crippen MR) is 92.4 cm³/mol. The molecule has 1 aliphatic carbocycles. The molecule has 1 aliphatic heterocycles. The molecule has 0 radical (unpaired) electrons. The maximum atomic E-state index is 5.54. The SMILES string of the molecule is C=C1CC(C)(NCc2nc3ccccc3n2C2CCOCC2)C1. The van der Waals surface area contributed by atoms with Crippen molar-refractivity contribution in [2.24, 2.45) is 0 Å². The molecule has 2 fully saturated rings. The summed E-state index contributed by atoms with van der Waals surface area (Å²) in [4.78, 5) is 4.91. The lowest BCUT2D eigenvalue weighted by Gasteiger charge is -2.41. The molecule has 4 nitrogen and oxygen atoms in total. The van der Waals surface area contributed by atoms with Gasteiger partial charge in [-0.25, -0.2) is 4.98 Å². The van der Waals surface area contributed by atoms with Crippen LogP contribution in [0.4, 0.5) is 0 Å². The first-order valence-electron chi connectivity index (χ1n) is 8.60. The molecule has 4 heteroatoms. The number of hydrogen-bond acceptors (Lipinski definition) is 3. The van der Waals surface area contributed by atoms with Crippen LogP contribution in [-0.4, -0.2) is 28.3 Å². The highest BCUT2D eigenvalue weighted by molar-refractivity contribution is 5.76. The predicted octanol–water partition coefficient (Wildman–Crippen LogP) is 3.59. The van der Waals surface area contributed by atoms with Crippen LogP contribution in [0.1, 0.15) is 44.5 Å². The molecule has 0 atom stereocenters. The lowest BCUT2D eigenvalue weighted by Crippen LogP contribution is -2.49. The zero-order valence-electron chi connectivity index (χ0n) is 13.8. The Bertz CT molecular complexity index is 719. The molecule has 1 aromatic heterocycles. The highest BCUT2D eigenvalue weighted by atomic mass is 16.5. The topological polar surface area (TPSA) is 39.1 Å². The number of hydrogen-bond donors (Lipinski definition) is 1. The van der Waals surface area contributed by atoms with Gasteiger partial charge >= 0.3 is 0 Å². The fraction of sp³-hybridized carbons (Fsp3) is 0.526. The molecule has 1 saturated carbocycles. The molecule has 2 aromatic rings. The van der Waals surface area contributed by atoms with Gasteiger partial charge in [0.1, 0.15) is 5.82 Å². The van der Waals surface area contributed by atoms with Crippen LogP contribution in [0.3, 0.4) is 0 Å². The van der Waals surface area contributed by atoms with Crippen molar-refractivity contribution in [3.63, 3.8) is 0 Å². The monoisotopic (exact) mass is 311 g/mol. The van der Waals surface area contributed by atoms with Crippen LogP contribution in [0.15, 0.2) is 36.4 Å². The smallest absolute Gasteiger partial charge is 0.124 e. The molecule has 2 aliphatic rings. The van der Waals surface area contributed by atoms with Crippen LogP contribution in [0, 0.1) is 0 Å². The van der Waals surface area contributed by atoms with Gasteiger partial charge < -0.3 is 14.6 Å². The van der Waals surface area contributed by atoms with E-state index in [0.717, 1.165) is 56.8 Å². The number of nitrogens with one attached hydrogen (secondary N) is 1. The van der Waals surface area contributed by atoms with E-state index in [2.05, 4.69) is 47.7 Å². The number of para-hydroxylation sites is 2. The lowest BCUT2D eigenvalue weighted by atomic mass is 9.75. The summed E-state index contributed by atoms with van der Waals surface area (Å²) in [5.74, 6) is 1.15. The van der Waals surface area contributed by atoms with E-state index in [9.17, 15) is 0 Å². The van der Waals surface area contributed by atoms with Crippen LogP contribution < -0.4 is 5.32 Å².